The molecule has 2 rings (SSSR count). The number of hydrogen-bond acceptors (Lipinski definition) is 3. The first kappa shape index (κ1) is 22.2. The largest absolute Gasteiger partial charge is 0.573 e. The van der Waals surface area contributed by atoms with E-state index in [1.807, 2.05) is 6.07 Å². The molecular weight excluding hydrogens is 482 g/mol. The molecule has 0 aromatic heterocycles. The molecule has 0 bridgehead atoms. The maximum atomic E-state index is 12.1. The van der Waals surface area contributed by atoms with E-state index >= 15 is 0 Å². The van der Waals surface area contributed by atoms with Crippen molar-refractivity contribution in [3.63, 3.8) is 0 Å². The molecule has 0 aliphatic carbocycles. The number of ether oxygens (including phenoxy) is 1. The third-order valence-corrected chi connectivity index (χ3v) is 4.28. The van der Waals surface area contributed by atoms with Crippen LogP contribution in [0, 0.1) is 0 Å². The molecule has 1 atom stereocenters. The smallest absolute Gasteiger partial charge is 0.406 e. The monoisotopic (exact) mass is 499 g/mol. The first-order valence-electron chi connectivity index (χ1n) is 7.20. The summed E-state index contributed by atoms with van der Waals surface area (Å²) in [5.74, 6) is 0.0615. The molecule has 0 heterocycles. The number of halogens is 4. The Morgan fingerprint density at radius 2 is 1.73 bits per heavy atom. The molecule has 142 valence electrons. The molecule has 0 fully saturated rings. The average molecular weight is 499 g/mol. The molecule has 0 aliphatic heterocycles. The van der Waals surface area contributed by atoms with Crippen molar-refractivity contribution in [3.05, 3.63) is 54.6 Å². The molecule has 0 saturated carbocycles. The molecule has 3 N–H and O–H groups in total. The van der Waals surface area contributed by atoms with E-state index in [1.165, 1.54) is 12.1 Å². The number of nitrogens with zero attached hydrogens (tertiary/aromatic N) is 1. The zero-order chi connectivity index (χ0) is 18.3. The van der Waals surface area contributed by atoms with Gasteiger partial charge in [0.25, 0.3) is 0 Å². The summed E-state index contributed by atoms with van der Waals surface area (Å²) in [6, 6.07) is 14.1. The van der Waals surface area contributed by atoms with Crippen molar-refractivity contribution in [1.29, 1.82) is 0 Å². The Kier molecular flexibility index (Phi) is 8.85. The lowest BCUT2D eigenvalue weighted by Gasteiger charge is -2.10. The fourth-order valence-electron chi connectivity index (χ4n) is 1.87. The topological polar surface area (TPSA) is 76.7 Å². The fourth-order valence-corrected chi connectivity index (χ4v) is 2.82. The van der Waals surface area contributed by atoms with E-state index in [4.69, 9.17) is 5.73 Å². The van der Waals surface area contributed by atoms with Gasteiger partial charge in [-0.15, -0.1) is 37.1 Å². The lowest BCUT2D eigenvalue weighted by atomic mass is 10.3. The number of alkyl halides is 3. The third-order valence-electron chi connectivity index (χ3n) is 2.93. The molecule has 2 aromatic carbocycles. The molecule has 5 nitrogen and oxygen atoms in total. The minimum atomic E-state index is -4.73. The van der Waals surface area contributed by atoms with Gasteiger partial charge in [-0.2, -0.15) is 0 Å². The molecule has 2 aromatic rings. The van der Waals surface area contributed by atoms with Crippen LogP contribution in [-0.2, 0) is 10.8 Å². The summed E-state index contributed by atoms with van der Waals surface area (Å²) in [6.07, 6.45) is -4.73. The highest BCUT2D eigenvalue weighted by molar-refractivity contribution is 14.0. The van der Waals surface area contributed by atoms with Gasteiger partial charge in [0, 0.05) is 16.3 Å². The third kappa shape index (κ3) is 8.04. The van der Waals surface area contributed by atoms with Crippen LogP contribution in [0.2, 0.25) is 0 Å². The Morgan fingerprint density at radius 1 is 1.12 bits per heavy atom. The first-order valence-corrected chi connectivity index (χ1v) is 8.51. The van der Waals surface area contributed by atoms with E-state index in [1.54, 1.807) is 24.3 Å². The molecule has 0 aliphatic rings. The Balaban J connectivity index is 0.00000338. The quantitative estimate of drug-likeness (QED) is 0.361. The van der Waals surface area contributed by atoms with Gasteiger partial charge in [-0.05, 0) is 36.4 Å². The van der Waals surface area contributed by atoms with Gasteiger partial charge in [0.2, 0.25) is 0 Å². The summed E-state index contributed by atoms with van der Waals surface area (Å²) >= 11 is 0. The van der Waals surface area contributed by atoms with Crippen LogP contribution in [-0.4, -0.2) is 28.8 Å². The SMILES string of the molecule is I.NC(=NCCS(=O)c1ccccc1)Nc1ccc(OC(F)(F)F)cc1. The minimum Gasteiger partial charge on any atom is -0.406 e. The van der Waals surface area contributed by atoms with Crippen molar-refractivity contribution in [3.8, 4) is 5.75 Å². The molecule has 0 saturated heterocycles. The number of aliphatic imine (C=N–C) groups is 1. The number of hydrogen-bond donors (Lipinski definition) is 2. The van der Waals surface area contributed by atoms with Crippen molar-refractivity contribution in [1.82, 2.24) is 0 Å². The molecular formula is C16H17F3IN3O2S. The van der Waals surface area contributed by atoms with Gasteiger partial charge in [-0.3, -0.25) is 9.20 Å². The number of anilines is 1. The van der Waals surface area contributed by atoms with E-state index < -0.39 is 17.2 Å². The molecule has 0 amide bonds. The number of benzene rings is 2. The molecule has 10 heteroatoms. The second-order valence-electron chi connectivity index (χ2n) is 4.83. The van der Waals surface area contributed by atoms with Gasteiger partial charge in [0.1, 0.15) is 5.75 Å². The van der Waals surface area contributed by atoms with Crippen LogP contribution >= 0.6 is 24.0 Å². The summed E-state index contributed by atoms with van der Waals surface area (Å²) in [4.78, 5) is 4.76. The van der Waals surface area contributed by atoms with Gasteiger partial charge >= 0.3 is 6.36 Å². The van der Waals surface area contributed by atoms with Crippen molar-refractivity contribution in [2.75, 3.05) is 17.6 Å². The van der Waals surface area contributed by atoms with E-state index in [-0.39, 0.29) is 42.2 Å². The standard InChI is InChI=1S/C16H16F3N3O2S.HI/c17-16(18,19)24-13-8-6-12(7-9-13)22-15(20)21-10-11-25(23)14-4-2-1-3-5-14;/h1-9H,10-11H2,(H3,20,21,22);1H. The van der Waals surface area contributed by atoms with Crippen LogP contribution in [0.4, 0.5) is 18.9 Å². The minimum absolute atomic E-state index is 0. The Hall–Kier alpha value is -1.82. The van der Waals surface area contributed by atoms with Crippen LogP contribution in [0.5, 0.6) is 5.75 Å². The van der Waals surface area contributed by atoms with E-state index in [2.05, 4.69) is 15.0 Å². The predicted octanol–water partition coefficient (Wildman–Crippen LogP) is 3.74. The van der Waals surface area contributed by atoms with Gasteiger partial charge in [-0.25, -0.2) is 0 Å². The summed E-state index contributed by atoms with van der Waals surface area (Å²) in [7, 11) is -1.17. The lowest BCUT2D eigenvalue weighted by Crippen LogP contribution is -2.23. The van der Waals surface area contributed by atoms with E-state index in [9.17, 15) is 17.4 Å². The summed E-state index contributed by atoms with van der Waals surface area (Å²) in [5.41, 5.74) is 6.16. The number of guanidine groups is 1. The van der Waals surface area contributed by atoms with Gasteiger partial charge < -0.3 is 15.8 Å². The van der Waals surface area contributed by atoms with Crippen molar-refractivity contribution < 1.29 is 22.1 Å². The van der Waals surface area contributed by atoms with Crippen LogP contribution < -0.4 is 15.8 Å². The van der Waals surface area contributed by atoms with Gasteiger partial charge in [-0.1, -0.05) is 18.2 Å². The first-order chi connectivity index (χ1) is 11.8. The number of nitrogens with one attached hydrogen (secondary N) is 1. The lowest BCUT2D eigenvalue weighted by molar-refractivity contribution is -0.274. The van der Waals surface area contributed by atoms with Gasteiger partial charge in [0.05, 0.1) is 17.3 Å². The van der Waals surface area contributed by atoms with Crippen molar-refractivity contribution >= 4 is 46.4 Å². The Bertz CT molecular complexity index is 741. The van der Waals surface area contributed by atoms with Crippen LogP contribution in [0.1, 0.15) is 0 Å². The number of rotatable bonds is 6. The van der Waals surface area contributed by atoms with Crippen LogP contribution in [0.15, 0.2) is 64.5 Å². The molecule has 26 heavy (non-hydrogen) atoms. The summed E-state index contributed by atoms with van der Waals surface area (Å²) in [6.45, 7) is 0.246. The highest BCUT2D eigenvalue weighted by atomic mass is 127. The summed E-state index contributed by atoms with van der Waals surface area (Å²) < 4.78 is 52.0. The molecule has 0 spiro atoms. The van der Waals surface area contributed by atoms with Crippen LogP contribution in [0.3, 0.4) is 0 Å². The maximum absolute atomic E-state index is 12.1. The average Bonchev–Trinajstić information content (AvgIpc) is 2.56. The molecule has 0 radical (unpaired) electrons. The highest BCUT2D eigenvalue weighted by Crippen LogP contribution is 2.23. The van der Waals surface area contributed by atoms with E-state index in [0.29, 0.717) is 16.3 Å². The highest BCUT2D eigenvalue weighted by Gasteiger charge is 2.30. The number of nitrogens with two attached hydrogens (primary N) is 1. The zero-order valence-corrected chi connectivity index (χ0v) is 16.5. The van der Waals surface area contributed by atoms with Crippen molar-refractivity contribution in [2.24, 2.45) is 10.7 Å². The Labute approximate surface area is 168 Å². The Morgan fingerprint density at radius 3 is 2.31 bits per heavy atom. The van der Waals surface area contributed by atoms with Crippen LogP contribution in [0.25, 0.3) is 0 Å². The second-order valence-corrected chi connectivity index (χ2v) is 6.40. The van der Waals surface area contributed by atoms with Gasteiger partial charge in [0.15, 0.2) is 5.96 Å². The fraction of sp³-hybridized carbons (Fsp3) is 0.188. The summed E-state index contributed by atoms with van der Waals surface area (Å²) in [5, 5.41) is 2.74. The molecule has 1 unspecified atom stereocenters. The van der Waals surface area contributed by atoms with Crippen molar-refractivity contribution in [2.45, 2.75) is 11.3 Å². The second kappa shape index (κ2) is 10.4. The maximum Gasteiger partial charge on any atom is 0.573 e. The zero-order valence-electron chi connectivity index (χ0n) is 13.4. The predicted molar refractivity (Wildman–Crippen MR) is 106 cm³/mol. The van der Waals surface area contributed by atoms with E-state index in [0.717, 1.165) is 12.1 Å². The normalized spacial score (nSPS) is 12.8.